The molecule has 0 saturated carbocycles. The Labute approximate surface area is 85.6 Å². The molecule has 0 atom stereocenters. The molecule has 4 fully saturated rings. The maximum absolute atomic E-state index is 2.56. The van der Waals surface area contributed by atoms with Crippen LogP contribution < -0.4 is 0 Å². The van der Waals surface area contributed by atoms with Crippen molar-refractivity contribution in [2.75, 3.05) is 46.6 Å². The number of rotatable bonds is 2. The van der Waals surface area contributed by atoms with E-state index in [1.165, 1.54) is 51.0 Å². The molecule has 4 nitrogen and oxygen atoms in total. The standard InChI is InChI=1S/C10H19N4/c1-2-3-4-14-8-11-5-12(9-14)7-13(6-11)10-14/h2-3H,4-10H2,1H3/q+1/b3-2+. The monoisotopic (exact) mass is 195 g/mol. The van der Waals surface area contributed by atoms with E-state index in [-0.39, 0.29) is 0 Å². The lowest BCUT2D eigenvalue weighted by Crippen LogP contribution is -2.79. The van der Waals surface area contributed by atoms with Crippen LogP contribution in [0.25, 0.3) is 0 Å². The average Bonchev–Trinajstić information content (AvgIpc) is 2.12. The van der Waals surface area contributed by atoms with Crippen molar-refractivity contribution in [2.45, 2.75) is 6.92 Å². The summed E-state index contributed by atoms with van der Waals surface area (Å²) < 4.78 is 1.23. The van der Waals surface area contributed by atoms with Gasteiger partial charge in [0.2, 0.25) is 0 Å². The normalized spacial score (nSPS) is 50.5. The summed E-state index contributed by atoms with van der Waals surface area (Å²) in [4.78, 5) is 7.67. The van der Waals surface area contributed by atoms with E-state index in [9.17, 15) is 0 Å². The fourth-order valence-electron chi connectivity index (χ4n) is 3.16. The molecular weight excluding hydrogens is 176 g/mol. The highest BCUT2D eigenvalue weighted by atomic mass is 15.7. The van der Waals surface area contributed by atoms with Crippen LogP contribution in [0.3, 0.4) is 0 Å². The average molecular weight is 195 g/mol. The minimum atomic E-state index is 1.19. The van der Waals surface area contributed by atoms with Crippen molar-refractivity contribution in [3.8, 4) is 0 Å². The van der Waals surface area contributed by atoms with Crippen LogP contribution >= 0.6 is 0 Å². The van der Waals surface area contributed by atoms with Crippen molar-refractivity contribution in [1.29, 1.82) is 0 Å². The molecule has 0 N–H and O–H groups in total. The van der Waals surface area contributed by atoms with Gasteiger partial charge in [0.15, 0.2) is 0 Å². The summed E-state index contributed by atoms with van der Waals surface area (Å²) in [5, 5.41) is 0. The summed E-state index contributed by atoms with van der Waals surface area (Å²) in [5.74, 6) is 0. The van der Waals surface area contributed by atoms with Gasteiger partial charge < -0.3 is 0 Å². The van der Waals surface area contributed by atoms with Crippen LogP contribution in [0.5, 0.6) is 0 Å². The van der Waals surface area contributed by atoms with Gasteiger partial charge in [-0.2, -0.15) is 0 Å². The maximum atomic E-state index is 2.56. The molecule has 4 aliphatic rings. The molecule has 4 heteroatoms. The number of hydrogen-bond acceptors (Lipinski definition) is 3. The van der Waals surface area contributed by atoms with Crippen LogP contribution in [-0.2, 0) is 0 Å². The highest BCUT2D eigenvalue weighted by Gasteiger charge is 2.47. The Morgan fingerprint density at radius 1 is 1.00 bits per heavy atom. The van der Waals surface area contributed by atoms with Gasteiger partial charge in [-0.05, 0) is 13.0 Å². The first kappa shape index (κ1) is 8.85. The highest BCUT2D eigenvalue weighted by Crippen LogP contribution is 2.28. The smallest absolute Gasteiger partial charge is 0.139 e. The van der Waals surface area contributed by atoms with Gasteiger partial charge in [0, 0.05) is 0 Å². The van der Waals surface area contributed by atoms with Gasteiger partial charge in [0.05, 0.1) is 20.0 Å². The van der Waals surface area contributed by atoms with Crippen LogP contribution in [-0.4, -0.2) is 65.7 Å². The van der Waals surface area contributed by atoms with Crippen molar-refractivity contribution in [3.63, 3.8) is 0 Å². The molecule has 78 valence electrons. The summed E-state index contributed by atoms with van der Waals surface area (Å²) >= 11 is 0. The minimum absolute atomic E-state index is 1.19. The molecule has 0 aromatic heterocycles. The van der Waals surface area contributed by atoms with E-state index in [1.54, 1.807) is 0 Å². The van der Waals surface area contributed by atoms with Gasteiger partial charge in [-0.1, -0.05) is 6.08 Å². The zero-order valence-corrected chi connectivity index (χ0v) is 8.89. The number of quaternary nitrogens is 1. The third-order valence-electron chi connectivity index (χ3n) is 3.43. The van der Waals surface area contributed by atoms with Crippen LogP contribution in [0.2, 0.25) is 0 Å². The zero-order valence-electron chi connectivity index (χ0n) is 8.89. The third kappa shape index (κ3) is 1.30. The van der Waals surface area contributed by atoms with Gasteiger partial charge in [0.25, 0.3) is 0 Å². The lowest BCUT2D eigenvalue weighted by atomic mass is 10.3. The van der Waals surface area contributed by atoms with Crippen LogP contribution in [0.1, 0.15) is 6.92 Å². The summed E-state index contributed by atoms with van der Waals surface area (Å²) in [7, 11) is 0. The van der Waals surface area contributed by atoms with Gasteiger partial charge in [-0.3, -0.25) is 4.48 Å². The van der Waals surface area contributed by atoms with E-state index < -0.39 is 0 Å². The second kappa shape index (κ2) is 3.03. The molecule has 0 spiro atoms. The fourth-order valence-corrected chi connectivity index (χ4v) is 3.16. The van der Waals surface area contributed by atoms with Crippen molar-refractivity contribution < 1.29 is 4.48 Å². The number of nitrogens with zero attached hydrogens (tertiary/aromatic N) is 4. The topological polar surface area (TPSA) is 9.72 Å². The van der Waals surface area contributed by atoms with Gasteiger partial charge >= 0.3 is 0 Å². The third-order valence-corrected chi connectivity index (χ3v) is 3.43. The fraction of sp³-hybridized carbons (Fsp3) is 0.800. The van der Waals surface area contributed by atoms with Crippen molar-refractivity contribution in [3.05, 3.63) is 12.2 Å². The van der Waals surface area contributed by atoms with E-state index in [2.05, 4.69) is 33.8 Å². The molecule has 0 unspecified atom stereocenters. The Morgan fingerprint density at radius 3 is 1.93 bits per heavy atom. The van der Waals surface area contributed by atoms with Crippen molar-refractivity contribution in [1.82, 2.24) is 14.7 Å². The molecule has 4 heterocycles. The molecule has 14 heavy (non-hydrogen) atoms. The summed E-state index contributed by atoms with van der Waals surface area (Å²) in [6, 6.07) is 0. The molecule has 4 rings (SSSR count). The van der Waals surface area contributed by atoms with E-state index in [0.29, 0.717) is 0 Å². The van der Waals surface area contributed by atoms with Crippen LogP contribution in [0.15, 0.2) is 12.2 Å². The number of hydrogen-bond donors (Lipinski definition) is 0. The SMILES string of the molecule is C/C=C/C[N+]12CN3CN(CN(C3)C1)C2. The Bertz CT molecular complexity index is 226. The van der Waals surface area contributed by atoms with E-state index in [1.807, 2.05) is 0 Å². The van der Waals surface area contributed by atoms with E-state index in [0.717, 1.165) is 0 Å². The zero-order chi connectivity index (χ0) is 9.60. The molecule has 4 saturated heterocycles. The first-order chi connectivity index (χ1) is 6.80. The van der Waals surface area contributed by atoms with E-state index >= 15 is 0 Å². The Kier molecular flexibility index (Phi) is 1.92. The molecule has 0 aromatic carbocycles. The van der Waals surface area contributed by atoms with Crippen molar-refractivity contribution >= 4 is 0 Å². The minimum Gasteiger partial charge on any atom is -0.283 e. The lowest BCUT2D eigenvalue weighted by Gasteiger charge is -2.60. The van der Waals surface area contributed by atoms with E-state index in [4.69, 9.17) is 0 Å². The van der Waals surface area contributed by atoms with Crippen LogP contribution in [0.4, 0.5) is 0 Å². The molecular formula is C10H19N4+. The van der Waals surface area contributed by atoms with Gasteiger partial charge in [-0.15, -0.1) is 0 Å². The lowest BCUT2D eigenvalue weighted by molar-refractivity contribution is -0.975. The second-order valence-corrected chi connectivity index (χ2v) is 4.95. The molecule has 0 aromatic rings. The molecule has 4 aliphatic heterocycles. The molecule has 4 bridgehead atoms. The van der Waals surface area contributed by atoms with Crippen LogP contribution in [0, 0.1) is 0 Å². The largest absolute Gasteiger partial charge is 0.283 e. The van der Waals surface area contributed by atoms with Gasteiger partial charge in [0.1, 0.15) is 26.6 Å². The summed E-state index contributed by atoms with van der Waals surface area (Å²) in [6.45, 7) is 10.6. The molecule has 0 aliphatic carbocycles. The van der Waals surface area contributed by atoms with Crippen molar-refractivity contribution in [2.24, 2.45) is 0 Å². The predicted octanol–water partition coefficient (Wildman–Crippen LogP) is 0.0711. The van der Waals surface area contributed by atoms with Gasteiger partial charge in [-0.25, -0.2) is 14.7 Å². The Balaban J connectivity index is 1.80. The summed E-state index contributed by atoms with van der Waals surface area (Å²) in [6.07, 6.45) is 4.49. The first-order valence-corrected chi connectivity index (χ1v) is 5.43. The second-order valence-electron chi connectivity index (χ2n) is 4.95. The highest BCUT2D eigenvalue weighted by molar-refractivity contribution is 4.81. The molecule has 0 amide bonds. The Hall–Kier alpha value is -0.420. The quantitative estimate of drug-likeness (QED) is 0.456. The maximum Gasteiger partial charge on any atom is 0.139 e. The predicted molar refractivity (Wildman–Crippen MR) is 54.7 cm³/mol. The number of allylic oxidation sites excluding steroid dienone is 1. The first-order valence-electron chi connectivity index (χ1n) is 5.43. The summed E-state index contributed by atoms with van der Waals surface area (Å²) in [5.41, 5.74) is 0. The Morgan fingerprint density at radius 2 is 1.50 bits per heavy atom. The molecule has 0 radical (unpaired) electrons.